The van der Waals surface area contributed by atoms with Crippen LogP contribution < -0.4 is 22.7 Å². The number of benzene rings is 3. The van der Waals surface area contributed by atoms with Gasteiger partial charge in [0.15, 0.2) is 11.3 Å². The van der Waals surface area contributed by atoms with E-state index in [0.717, 1.165) is 45.3 Å². The lowest BCUT2D eigenvalue weighted by Crippen LogP contribution is -3.00. The van der Waals surface area contributed by atoms with Gasteiger partial charge in [-0.1, -0.05) is 24.3 Å². The molecule has 32 heavy (non-hydrogen) atoms. The molecule has 0 spiro atoms. The predicted molar refractivity (Wildman–Crippen MR) is 123 cm³/mol. The number of anilines is 1. The Hall–Kier alpha value is -3.48. The lowest BCUT2D eigenvalue weighted by atomic mass is 10.0. The fraction of sp³-hybridized carbons (Fsp3) is 0.160. The van der Waals surface area contributed by atoms with E-state index >= 15 is 0 Å². The first-order valence-electron chi connectivity index (χ1n) is 10.3. The van der Waals surface area contributed by atoms with E-state index in [1.54, 1.807) is 12.4 Å². The van der Waals surface area contributed by atoms with Crippen LogP contribution in [-0.2, 0) is 0 Å². The summed E-state index contributed by atoms with van der Waals surface area (Å²) < 4.78 is 6.32. The number of nitrogens with zero attached hydrogens (tertiary/aromatic N) is 4. The van der Waals surface area contributed by atoms with Gasteiger partial charge in [-0.15, -0.1) is 0 Å². The molecule has 0 radical (unpaired) electrons. The average molecular weight is 446 g/mol. The number of hydrogen-bond donors (Lipinski definition) is 1. The maximum atomic E-state index is 9.34. The van der Waals surface area contributed by atoms with E-state index in [-0.39, 0.29) is 19.0 Å². The Morgan fingerprint density at radius 3 is 2.53 bits per heavy atom. The van der Waals surface area contributed by atoms with Crippen molar-refractivity contribution in [1.82, 2.24) is 9.97 Å². The highest BCUT2D eigenvalue weighted by atomic mass is 35.5. The zero-order valence-electron chi connectivity index (χ0n) is 17.6. The van der Waals surface area contributed by atoms with Crippen LogP contribution in [0.1, 0.15) is 6.92 Å². The minimum absolute atomic E-state index is 0. The highest BCUT2D eigenvalue weighted by molar-refractivity contribution is 5.96. The van der Waals surface area contributed by atoms with Gasteiger partial charge in [-0.3, -0.25) is 4.98 Å². The number of aliphatic hydroxyl groups excluding tert-OH is 1. The molecular weight excluding hydrogens is 424 g/mol. The summed E-state index contributed by atoms with van der Waals surface area (Å²) in [6.07, 6.45) is 3.46. The third kappa shape index (κ3) is 4.02. The molecule has 2 aromatic carbocycles. The minimum Gasteiger partial charge on any atom is -1.00 e. The smallest absolute Gasteiger partial charge is 0.155 e. The molecule has 162 valence electrons. The first kappa shape index (κ1) is 21.7. The molecule has 1 aliphatic heterocycles. The van der Waals surface area contributed by atoms with Crippen LogP contribution in [0, 0.1) is 0 Å². The van der Waals surface area contributed by atoms with Gasteiger partial charge in [0, 0.05) is 54.1 Å². The van der Waals surface area contributed by atoms with Crippen LogP contribution in [-0.4, -0.2) is 34.8 Å². The zero-order valence-corrected chi connectivity index (χ0v) is 18.3. The number of aliphatic hydroxyl groups is 1. The standard InChI is InChI=1S/C25H22N4O2.ClH/c1-2-29(13-14-30)18-7-8-21-23(15-18)31-24-16-22(27-17-9-11-26-12-10-17)19-5-3-4-6-20(19)25(24)28-21;/h3-12,15-16,30H,2,13-14H2,1H3;1H/p-1. The van der Waals surface area contributed by atoms with Crippen LogP contribution in [0.4, 0.5) is 11.4 Å². The normalized spacial score (nSPS) is 11.8. The summed E-state index contributed by atoms with van der Waals surface area (Å²) in [6.45, 7) is 3.54. The summed E-state index contributed by atoms with van der Waals surface area (Å²) in [7, 11) is 0. The molecule has 5 rings (SSSR count). The predicted octanol–water partition coefficient (Wildman–Crippen LogP) is 1.54. The van der Waals surface area contributed by atoms with E-state index < -0.39 is 0 Å². The van der Waals surface area contributed by atoms with Crippen molar-refractivity contribution in [2.24, 2.45) is 4.99 Å². The number of fused-ring (bicyclic) bond motifs is 4. The van der Waals surface area contributed by atoms with Gasteiger partial charge in [0.2, 0.25) is 0 Å². The van der Waals surface area contributed by atoms with Crippen molar-refractivity contribution < 1.29 is 21.9 Å². The van der Waals surface area contributed by atoms with Gasteiger partial charge in [0.1, 0.15) is 11.2 Å². The number of aromatic nitrogens is 2. The van der Waals surface area contributed by atoms with Crippen LogP contribution in [0.5, 0.6) is 0 Å². The van der Waals surface area contributed by atoms with Crippen LogP contribution >= 0.6 is 0 Å². The highest BCUT2D eigenvalue weighted by Gasteiger charge is 2.15. The molecule has 2 aliphatic rings. The van der Waals surface area contributed by atoms with E-state index in [2.05, 4.69) is 22.9 Å². The number of pyridine rings is 1. The molecule has 6 nitrogen and oxygen atoms in total. The summed E-state index contributed by atoms with van der Waals surface area (Å²) >= 11 is 0. The molecule has 0 saturated heterocycles. The summed E-state index contributed by atoms with van der Waals surface area (Å²) in [6, 6.07) is 19.8. The fourth-order valence-corrected chi connectivity index (χ4v) is 3.86. The highest BCUT2D eigenvalue weighted by Crippen LogP contribution is 2.31. The van der Waals surface area contributed by atoms with E-state index in [4.69, 9.17) is 14.4 Å². The van der Waals surface area contributed by atoms with Crippen LogP contribution in [0.25, 0.3) is 33.3 Å². The second-order valence-corrected chi connectivity index (χ2v) is 7.27. The van der Waals surface area contributed by atoms with E-state index in [0.29, 0.717) is 17.9 Å². The molecule has 0 unspecified atom stereocenters. The number of likely N-dealkylation sites (N-methyl/N-ethyl adjacent to an activating group) is 1. The topological polar surface area (TPSA) is 74.8 Å². The molecule has 7 heteroatoms. The van der Waals surface area contributed by atoms with Crippen LogP contribution in [0.15, 0.2) is 82.5 Å². The molecule has 0 amide bonds. The molecule has 0 atom stereocenters. The third-order valence-corrected chi connectivity index (χ3v) is 5.38. The molecule has 0 bridgehead atoms. The third-order valence-electron chi connectivity index (χ3n) is 5.38. The largest absolute Gasteiger partial charge is 1.00 e. The van der Waals surface area contributed by atoms with Crippen LogP contribution in [0.3, 0.4) is 0 Å². The molecule has 1 aromatic heterocycles. The maximum absolute atomic E-state index is 9.34. The van der Waals surface area contributed by atoms with Crippen molar-refractivity contribution >= 4 is 33.2 Å². The molecule has 3 aromatic rings. The van der Waals surface area contributed by atoms with E-state index in [1.165, 1.54) is 0 Å². The lowest BCUT2D eigenvalue weighted by Gasteiger charge is -2.22. The second kappa shape index (κ2) is 9.34. The molecular formula is C25H22ClN4O2-. The van der Waals surface area contributed by atoms with Gasteiger partial charge in [0.25, 0.3) is 0 Å². The Balaban J connectivity index is 0.00000245. The van der Waals surface area contributed by atoms with Crippen molar-refractivity contribution in [3.05, 3.63) is 78.4 Å². The van der Waals surface area contributed by atoms with Gasteiger partial charge < -0.3 is 26.8 Å². The summed E-state index contributed by atoms with van der Waals surface area (Å²) in [5.74, 6) is 0.682. The molecule has 1 aliphatic carbocycles. The van der Waals surface area contributed by atoms with Crippen molar-refractivity contribution in [2.75, 3.05) is 24.6 Å². The maximum Gasteiger partial charge on any atom is 0.155 e. The second-order valence-electron chi connectivity index (χ2n) is 7.27. The Morgan fingerprint density at radius 2 is 1.78 bits per heavy atom. The van der Waals surface area contributed by atoms with Gasteiger partial charge in [-0.25, -0.2) is 9.98 Å². The zero-order chi connectivity index (χ0) is 21.2. The summed E-state index contributed by atoms with van der Waals surface area (Å²) in [4.78, 5) is 15.9. The quantitative estimate of drug-likeness (QED) is 0.328. The molecule has 1 N–H and O–H groups in total. The van der Waals surface area contributed by atoms with E-state index in [9.17, 15) is 5.11 Å². The number of hydrogen-bond acceptors (Lipinski definition) is 6. The van der Waals surface area contributed by atoms with Crippen molar-refractivity contribution in [3.63, 3.8) is 0 Å². The number of halogens is 1. The molecule has 0 fully saturated rings. The Kier molecular flexibility index (Phi) is 6.35. The fourth-order valence-electron chi connectivity index (χ4n) is 3.86. The van der Waals surface area contributed by atoms with Gasteiger partial charge in [-0.2, -0.15) is 0 Å². The van der Waals surface area contributed by atoms with Crippen LogP contribution in [0.2, 0.25) is 0 Å². The Bertz CT molecular complexity index is 1400. The van der Waals surface area contributed by atoms with Crippen molar-refractivity contribution in [3.8, 4) is 11.5 Å². The van der Waals surface area contributed by atoms with Crippen molar-refractivity contribution in [2.45, 2.75) is 6.92 Å². The van der Waals surface area contributed by atoms with E-state index in [1.807, 2.05) is 54.6 Å². The first-order chi connectivity index (χ1) is 15.3. The van der Waals surface area contributed by atoms with Gasteiger partial charge in [-0.05, 0) is 31.2 Å². The van der Waals surface area contributed by atoms with Crippen molar-refractivity contribution in [1.29, 1.82) is 0 Å². The SMILES string of the molecule is CCN(CCO)c1ccc2nc3c4ccccc4c(=Nc4ccncc4)cc-3oc2c1.[Cl-]. The molecule has 0 saturated carbocycles. The lowest BCUT2D eigenvalue weighted by molar-refractivity contribution is -0.00000781. The summed E-state index contributed by atoms with van der Waals surface area (Å²) in [5, 5.41) is 12.2. The summed E-state index contributed by atoms with van der Waals surface area (Å²) in [5.41, 5.74) is 4.13. The van der Waals surface area contributed by atoms with Gasteiger partial charge >= 0.3 is 0 Å². The Morgan fingerprint density at radius 1 is 1.00 bits per heavy atom. The monoisotopic (exact) mass is 445 g/mol. The minimum atomic E-state index is 0. The van der Waals surface area contributed by atoms with Gasteiger partial charge in [0.05, 0.1) is 17.7 Å². The Labute approximate surface area is 191 Å². The molecule has 2 heterocycles. The average Bonchev–Trinajstić information content (AvgIpc) is 2.82. The number of rotatable bonds is 5. The first-order valence-corrected chi connectivity index (χ1v) is 10.3.